The Morgan fingerprint density at radius 2 is 1.71 bits per heavy atom. The SMILES string of the molecule is COc1ccc(CN(Cc2ccc(F)cc2)Cc2nc(C(=O)N3CCN(c4ccccc4C)CC3)cs2)c(OC)c1. The summed E-state index contributed by atoms with van der Waals surface area (Å²) in [7, 11) is 3.27. The highest BCUT2D eigenvalue weighted by molar-refractivity contribution is 7.09. The lowest BCUT2D eigenvalue weighted by molar-refractivity contribution is 0.0741. The monoisotopic (exact) mass is 574 g/mol. The number of amides is 1. The highest BCUT2D eigenvalue weighted by Crippen LogP contribution is 2.28. The standard InChI is InChI=1S/C32H35FN4O3S/c1-23-6-4-5-7-29(23)36-14-16-37(17-15-36)32(38)28-22-41-31(34-28)21-35(19-24-8-11-26(33)12-9-24)20-25-10-13-27(39-2)18-30(25)40-3/h4-13,18,22H,14-17,19-21H2,1-3H3. The van der Waals surface area contributed by atoms with Gasteiger partial charge in [-0.3, -0.25) is 9.69 Å². The zero-order valence-corrected chi connectivity index (χ0v) is 24.5. The van der Waals surface area contributed by atoms with Crippen LogP contribution < -0.4 is 14.4 Å². The fraction of sp³-hybridized carbons (Fsp3) is 0.312. The van der Waals surface area contributed by atoms with Gasteiger partial charge < -0.3 is 19.3 Å². The van der Waals surface area contributed by atoms with E-state index in [4.69, 9.17) is 14.5 Å². The predicted octanol–water partition coefficient (Wildman–Crippen LogP) is 5.77. The molecule has 7 nitrogen and oxygen atoms in total. The van der Waals surface area contributed by atoms with Crippen molar-refractivity contribution < 1.29 is 18.7 Å². The predicted molar refractivity (Wildman–Crippen MR) is 160 cm³/mol. The number of anilines is 1. The number of ether oxygens (including phenoxy) is 2. The number of rotatable bonds is 10. The number of hydrogen-bond acceptors (Lipinski definition) is 7. The van der Waals surface area contributed by atoms with Crippen molar-refractivity contribution in [1.82, 2.24) is 14.8 Å². The van der Waals surface area contributed by atoms with Crippen LogP contribution in [0.4, 0.5) is 10.1 Å². The van der Waals surface area contributed by atoms with E-state index in [0.29, 0.717) is 38.4 Å². The van der Waals surface area contributed by atoms with Crippen molar-refractivity contribution in [2.24, 2.45) is 0 Å². The van der Waals surface area contributed by atoms with Gasteiger partial charge in [-0.05, 0) is 42.3 Å². The summed E-state index contributed by atoms with van der Waals surface area (Å²) in [6, 6.07) is 20.7. The molecule has 0 radical (unpaired) electrons. The zero-order valence-electron chi connectivity index (χ0n) is 23.7. The normalized spacial score (nSPS) is 13.5. The minimum Gasteiger partial charge on any atom is -0.497 e. The van der Waals surface area contributed by atoms with Crippen LogP contribution in [0.25, 0.3) is 0 Å². The number of nitrogens with zero attached hydrogens (tertiary/aromatic N) is 4. The summed E-state index contributed by atoms with van der Waals surface area (Å²) in [6.45, 7) is 6.72. The van der Waals surface area contributed by atoms with Crippen molar-refractivity contribution >= 4 is 22.9 Å². The summed E-state index contributed by atoms with van der Waals surface area (Å²) in [5, 5.41) is 2.71. The second kappa shape index (κ2) is 13.1. The Kier molecular flexibility index (Phi) is 9.16. The third kappa shape index (κ3) is 7.04. The lowest BCUT2D eigenvalue weighted by atomic mass is 10.1. The number of carbonyl (C=O) groups is 1. The van der Waals surface area contributed by atoms with Gasteiger partial charge in [0.1, 0.15) is 28.0 Å². The molecule has 1 amide bonds. The van der Waals surface area contributed by atoms with Gasteiger partial charge in [0.05, 0.1) is 20.8 Å². The highest BCUT2D eigenvalue weighted by Gasteiger charge is 2.25. The lowest BCUT2D eigenvalue weighted by Crippen LogP contribution is -2.49. The van der Waals surface area contributed by atoms with Crippen LogP contribution in [-0.4, -0.2) is 61.1 Å². The number of hydrogen-bond donors (Lipinski definition) is 0. The maximum absolute atomic E-state index is 13.6. The van der Waals surface area contributed by atoms with Crippen LogP contribution in [0.5, 0.6) is 11.5 Å². The van der Waals surface area contributed by atoms with Crippen LogP contribution in [0, 0.1) is 12.7 Å². The van der Waals surface area contributed by atoms with Gasteiger partial charge in [0, 0.05) is 62.0 Å². The topological polar surface area (TPSA) is 58.1 Å². The Morgan fingerprint density at radius 3 is 2.41 bits per heavy atom. The van der Waals surface area contributed by atoms with Gasteiger partial charge in [0.25, 0.3) is 5.91 Å². The van der Waals surface area contributed by atoms with E-state index in [1.165, 1.54) is 34.7 Å². The van der Waals surface area contributed by atoms with E-state index in [1.807, 2.05) is 34.5 Å². The van der Waals surface area contributed by atoms with Crippen LogP contribution in [-0.2, 0) is 19.6 Å². The molecule has 0 saturated carbocycles. The molecule has 5 rings (SSSR count). The molecule has 1 fully saturated rings. The lowest BCUT2D eigenvalue weighted by Gasteiger charge is -2.36. The molecule has 2 heterocycles. The molecule has 214 valence electrons. The molecular weight excluding hydrogens is 539 g/mol. The first-order valence-corrected chi connectivity index (χ1v) is 14.5. The molecule has 1 aliphatic rings. The molecule has 1 aliphatic heterocycles. The number of methoxy groups -OCH3 is 2. The van der Waals surface area contributed by atoms with Gasteiger partial charge in [-0.1, -0.05) is 36.4 Å². The quantitative estimate of drug-likeness (QED) is 0.240. The molecule has 41 heavy (non-hydrogen) atoms. The minimum absolute atomic E-state index is 0.0289. The van der Waals surface area contributed by atoms with E-state index >= 15 is 0 Å². The first-order valence-electron chi connectivity index (χ1n) is 13.7. The van der Waals surface area contributed by atoms with Crippen LogP contribution in [0.3, 0.4) is 0 Å². The van der Waals surface area contributed by atoms with Gasteiger partial charge in [-0.2, -0.15) is 0 Å². The van der Waals surface area contributed by atoms with Crippen molar-refractivity contribution in [2.45, 2.75) is 26.6 Å². The van der Waals surface area contributed by atoms with E-state index in [9.17, 15) is 9.18 Å². The maximum Gasteiger partial charge on any atom is 0.273 e. The van der Waals surface area contributed by atoms with Gasteiger partial charge in [0.2, 0.25) is 0 Å². The van der Waals surface area contributed by atoms with Crippen molar-refractivity contribution in [3.8, 4) is 11.5 Å². The summed E-state index contributed by atoms with van der Waals surface area (Å²) in [6.07, 6.45) is 0. The van der Waals surface area contributed by atoms with Gasteiger partial charge in [0.15, 0.2) is 0 Å². The van der Waals surface area contributed by atoms with E-state index in [2.05, 4.69) is 34.9 Å². The largest absolute Gasteiger partial charge is 0.497 e. The number of aromatic nitrogens is 1. The van der Waals surface area contributed by atoms with Crippen LogP contribution >= 0.6 is 11.3 Å². The molecule has 3 aromatic carbocycles. The van der Waals surface area contributed by atoms with Gasteiger partial charge in [-0.15, -0.1) is 11.3 Å². The Morgan fingerprint density at radius 1 is 0.951 bits per heavy atom. The third-order valence-corrected chi connectivity index (χ3v) is 8.19. The van der Waals surface area contributed by atoms with Crippen LogP contribution in [0.1, 0.15) is 32.2 Å². The summed E-state index contributed by atoms with van der Waals surface area (Å²) in [4.78, 5) is 24.5. The number of halogens is 1. The molecule has 0 spiro atoms. The Labute approximate surface area is 244 Å². The fourth-order valence-electron chi connectivity index (χ4n) is 5.14. The third-order valence-electron chi connectivity index (χ3n) is 7.36. The second-order valence-electron chi connectivity index (χ2n) is 10.1. The summed E-state index contributed by atoms with van der Waals surface area (Å²) in [5.74, 6) is 1.16. The molecule has 0 N–H and O–H groups in total. The molecule has 0 unspecified atom stereocenters. The highest BCUT2D eigenvalue weighted by atomic mass is 32.1. The summed E-state index contributed by atoms with van der Waals surface area (Å²) in [5.41, 5.74) is 4.94. The van der Waals surface area contributed by atoms with Crippen molar-refractivity contribution in [3.05, 3.63) is 105 Å². The Bertz CT molecular complexity index is 1470. The van der Waals surface area contributed by atoms with E-state index in [0.717, 1.165) is 40.7 Å². The molecule has 4 aromatic rings. The first kappa shape index (κ1) is 28.6. The molecule has 1 saturated heterocycles. The van der Waals surface area contributed by atoms with E-state index < -0.39 is 0 Å². The minimum atomic E-state index is -0.264. The first-order chi connectivity index (χ1) is 19.9. The molecule has 0 atom stereocenters. The molecule has 0 aliphatic carbocycles. The number of piperazine rings is 1. The Balaban J connectivity index is 1.27. The summed E-state index contributed by atoms with van der Waals surface area (Å²) >= 11 is 1.49. The number of aryl methyl sites for hydroxylation is 1. The maximum atomic E-state index is 13.6. The molecule has 1 aromatic heterocycles. The number of para-hydroxylation sites is 1. The number of carbonyl (C=O) groups excluding carboxylic acids is 1. The average molecular weight is 575 g/mol. The average Bonchev–Trinajstić information content (AvgIpc) is 3.47. The van der Waals surface area contributed by atoms with E-state index in [-0.39, 0.29) is 11.7 Å². The second-order valence-corrected chi connectivity index (χ2v) is 11.1. The smallest absolute Gasteiger partial charge is 0.273 e. The molecular formula is C32H35FN4O3S. The molecule has 9 heteroatoms. The van der Waals surface area contributed by atoms with Crippen LogP contribution in [0.2, 0.25) is 0 Å². The number of benzene rings is 3. The van der Waals surface area contributed by atoms with E-state index in [1.54, 1.807) is 26.4 Å². The van der Waals surface area contributed by atoms with Crippen molar-refractivity contribution in [2.75, 3.05) is 45.3 Å². The summed E-state index contributed by atoms with van der Waals surface area (Å²) < 4.78 is 24.5. The fourth-order valence-corrected chi connectivity index (χ4v) is 5.95. The van der Waals surface area contributed by atoms with Gasteiger partial charge in [-0.25, -0.2) is 9.37 Å². The van der Waals surface area contributed by atoms with Crippen molar-refractivity contribution in [1.29, 1.82) is 0 Å². The number of thiazole rings is 1. The molecule has 0 bridgehead atoms. The Hall–Kier alpha value is -3.95. The van der Waals surface area contributed by atoms with Crippen LogP contribution in [0.15, 0.2) is 72.1 Å². The van der Waals surface area contributed by atoms with Gasteiger partial charge >= 0.3 is 0 Å². The zero-order chi connectivity index (χ0) is 28.8. The van der Waals surface area contributed by atoms with Crippen molar-refractivity contribution in [3.63, 3.8) is 0 Å².